The fourth-order valence-corrected chi connectivity index (χ4v) is 3.50. The zero-order valence-electron chi connectivity index (χ0n) is 14.4. The van der Waals surface area contributed by atoms with Crippen molar-refractivity contribution in [1.29, 1.82) is 0 Å². The number of benzene rings is 1. The van der Waals surface area contributed by atoms with E-state index in [1.54, 1.807) is 0 Å². The summed E-state index contributed by atoms with van der Waals surface area (Å²) < 4.78 is 11.8. The van der Waals surface area contributed by atoms with Gasteiger partial charge in [-0.25, -0.2) is 4.98 Å². The molecule has 2 aromatic rings. The van der Waals surface area contributed by atoms with Gasteiger partial charge in [-0.3, -0.25) is 4.79 Å². The molecule has 1 aromatic heterocycles. The van der Waals surface area contributed by atoms with Crippen molar-refractivity contribution < 1.29 is 14.3 Å². The lowest BCUT2D eigenvalue weighted by Crippen LogP contribution is -2.24. The fraction of sp³-hybridized carbons (Fsp3) is 0.444. The van der Waals surface area contributed by atoms with Crippen molar-refractivity contribution in [2.75, 3.05) is 11.9 Å². The van der Waals surface area contributed by atoms with Gasteiger partial charge in [0, 0.05) is 29.3 Å². The van der Waals surface area contributed by atoms with Crippen LogP contribution < -0.4 is 14.8 Å². The molecule has 1 aliphatic rings. The Kier molecular flexibility index (Phi) is 4.49. The number of carbonyl (C=O) groups excluding carboxylic acids is 1. The molecule has 1 aromatic carbocycles. The smallest absolute Gasteiger partial charge is 0.225 e. The van der Waals surface area contributed by atoms with E-state index in [0.717, 1.165) is 34.7 Å². The minimum Gasteiger partial charge on any atom is -0.490 e. The SMILES string of the molecule is CCOc1cc(-c2csc(NC(=O)CC)n2)cc2c1OC(C)(C)C2. The van der Waals surface area contributed by atoms with Crippen LogP contribution in [-0.4, -0.2) is 23.1 Å². The number of fused-ring (bicyclic) bond motifs is 1. The monoisotopic (exact) mass is 346 g/mol. The summed E-state index contributed by atoms with van der Waals surface area (Å²) in [6.45, 7) is 8.50. The molecule has 0 radical (unpaired) electrons. The van der Waals surface area contributed by atoms with E-state index < -0.39 is 0 Å². The average Bonchev–Trinajstić information content (AvgIpc) is 3.10. The number of aromatic nitrogens is 1. The molecule has 5 nitrogen and oxygen atoms in total. The van der Waals surface area contributed by atoms with Crippen LogP contribution in [-0.2, 0) is 11.2 Å². The number of rotatable bonds is 5. The Balaban J connectivity index is 1.95. The highest BCUT2D eigenvalue weighted by Gasteiger charge is 2.33. The van der Waals surface area contributed by atoms with Crippen LogP contribution in [0.4, 0.5) is 5.13 Å². The van der Waals surface area contributed by atoms with E-state index in [4.69, 9.17) is 9.47 Å². The molecule has 2 heterocycles. The van der Waals surface area contributed by atoms with Gasteiger partial charge in [0.25, 0.3) is 0 Å². The molecule has 1 amide bonds. The molecule has 1 aliphatic heterocycles. The van der Waals surface area contributed by atoms with Crippen molar-refractivity contribution in [2.24, 2.45) is 0 Å². The molecule has 0 saturated carbocycles. The lowest BCUT2D eigenvalue weighted by Gasteiger charge is -2.18. The Morgan fingerprint density at radius 1 is 1.42 bits per heavy atom. The molecule has 0 fully saturated rings. The minimum atomic E-state index is -0.227. The second-order valence-electron chi connectivity index (χ2n) is 6.37. The van der Waals surface area contributed by atoms with E-state index in [1.165, 1.54) is 11.3 Å². The third-order valence-corrected chi connectivity index (χ3v) is 4.55. The summed E-state index contributed by atoms with van der Waals surface area (Å²) in [5.74, 6) is 1.55. The van der Waals surface area contributed by atoms with Crippen LogP contribution in [0.1, 0.15) is 39.7 Å². The van der Waals surface area contributed by atoms with Crippen LogP contribution in [0.25, 0.3) is 11.3 Å². The van der Waals surface area contributed by atoms with E-state index in [0.29, 0.717) is 18.2 Å². The van der Waals surface area contributed by atoms with Crippen LogP contribution in [0.15, 0.2) is 17.5 Å². The summed E-state index contributed by atoms with van der Waals surface area (Å²) in [6, 6.07) is 4.07. The molecule has 0 atom stereocenters. The van der Waals surface area contributed by atoms with Gasteiger partial charge in [-0.15, -0.1) is 11.3 Å². The second-order valence-corrected chi connectivity index (χ2v) is 7.23. The van der Waals surface area contributed by atoms with Crippen LogP contribution in [0, 0.1) is 0 Å². The number of ether oxygens (including phenoxy) is 2. The first-order valence-electron chi connectivity index (χ1n) is 8.16. The van der Waals surface area contributed by atoms with Gasteiger partial charge >= 0.3 is 0 Å². The highest BCUT2D eigenvalue weighted by Crippen LogP contribution is 2.44. The number of carbonyl (C=O) groups is 1. The van der Waals surface area contributed by atoms with Gasteiger partial charge in [0.15, 0.2) is 16.6 Å². The Bertz CT molecular complexity index is 768. The molecule has 128 valence electrons. The Morgan fingerprint density at radius 2 is 2.21 bits per heavy atom. The van der Waals surface area contributed by atoms with Crippen molar-refractivity contribution in [3.05, 3.63) is 23.1 Å². The predicted molar refractivity (Wildman–Crippen MR) is 96.1 cm³/mol. The quantitative estimate of drug-likeness (QED) is 0.878. The standard InChI is InChI=1S/C18H22N2O3S/c1-5-15(21)20-17-19-13(10-24-17)11-7-12-9-18(3,4)23-16(12)14(8-11)22-6-2/h7-8,10H,5-6,9H2,1-4H3,(H,19,20,21). The lowest BCUT2D eigenvalue weighted by atomic mass is 9.99. The van der Waals surface area contributed by atoms with Crippen molar-refractivity contribution in [1.82, 2.24) is 4.98 Å². The first-order chi connectivity index (χ1) is 11.4. The normalized spacial score (nSPS) is 14.8. The Morgan fingerprint density at radius 3 is 2.92 bits per heavy atom. The van der Waals surface area contributed by atoms with Gasteiger partial charge in [-0.1, -0.05) is 6.92 Å². The van der Waals surface area contributed by atoms with Gasteiger partial charge in [0.05, 0.1) is 12.3 Å². The van der Waals surface area contributed by atoms with Gasteiger partial charge in [-0.05, 0) is 32.9 Å². The summed E-state index contributed by atoms with van der Waals surface area (Å²) in [6.07, 6.45) is 1.27. The molecule has 0 unspecified atom stereocenters. The van der Waals surface area contributed by atoms with Gasteiger partial charge in [0.1, 0.15) is 5.60 Å². The van der Waals surface area contributed by atoms with Crippen LogP contribution in [0.3, 0.4) is 0 Å². The third kappa shape index (κ3) is 3.38. The largest absolute Gasteiger partial charge is 0.490 e. The van der Waals surface area contributed by atoms with Crippen LogP contribution >= 0.6 is 11.3 Å². The van der Waals surface area contributed by atoms with E-state index >= 15 is 0 Å². The minimum absolute atomic E-state index is 0.0324. The second kappa shape index (κ2) is 6.43. The highest BCUT2D eigenvalue weighted by molar-refractivity contribution is 7.14. The van der Waals surface area contributed by atoms with Crippen molar-refractivity contribution in [2.45, 2.75) is 46.1 Å². The first-order valence-corrected chi connectivity index (χ1v) is 9.04. The van der Waals surface area contributed by atoms with Gasteiger partial charge < -0.3 is 14.8 Å². The van der Waals surface area contributed by atoms with Gasteiger partial charge in [0.2, 0.25) is 5.91 Å². The molecule has 24 heavy (non-hydrogen) atoms. The fourth-order valence-electron chi connectivity index (χ4n) is 2.76. The number of hydrogen-bond donors (Lipinski definition) is 1. The zero-order chi connectivity index (χ0) is 17.3. The molecule has 1 N–H and O–H groups in total. The van der Waals surface area contributed by atoms with Gasteiger partial charge in [-0.2, -0.15) is 0 Å². The van der Waals surface area contributed by atoms with Crippen LogP contribution in [0.5, 0.6) is 11.5 Å². The molecule has 3 rings (SSSR count). The summed E-state index contributed by atoms with van der Waals surface area (Å²) in [5, 5.41) is 5.37. The summed E-state index contributed by atoms with van der Waals surface area (Å²) in [4.78, 5) is 16.0. The predicted octanol–water partition coefficient (Wildman–Crippen LogP) is 4.27. The van der Waals surface area contributed by atoms with E-state index in [1.807, 2.05) is 25.3 Å². The summed E-state index contributed by atoms with van der Waals surface area (Å²) in [7, 11) is 0. The Labute approximate surface area is 146 Å². The van der Waals surface area contributed by atoms with Crippen molar-refractivity contribution in [3.8, 4) is 22.8 Å². The molecule has 6 heteroatoms. The highest BCUT2D eigenvalue weighted by atomic mass is 32.1. The number of amides is 1. The molecule has 0 aliphatic carbocycles. The van der Waals surface area contributed by atoms with Crippen molar-refractivity contribution in [3.63, 3.8) is 0 Å². The summed E-state index contributed by atoms with van der Waals surface area (Å²) in [5.41, 5.74) is 2.72. The topological polar surface area (TPSA) is 60.5 Å². The molecule has 0 spiro atoms. The number of hydrogen-bond acceptors (Lipinski definition) is 5. The summed E-state index contributed by atoms with van der Waals surface area (Å²) >= 11 is 1.43. The zero-order valence-corrected chi connectivity index (χ0v) is 15.3. The average molecular weight is 346 g/mol. The maximum Gasteiger partial charge on any atom is 0.225 e. The number of thiazole rings is 1. The molecule has 0 saturated heterocycles. The van der Waals surface area contributed by atoms with E-state index in [2.05, 4.69) is 30.2 Å². The molecular formula is C18H22N2O3S. The first kappa shape index (κ1) is 16.8. The third-order valence-electron chi connectivity index (χ3n) is 3.79. The Hall–Kier alpha value is -2.08. The number of nitrogens with one attached hydrogen (secondary N) is 1. The maximum absolute atomic E-state index is 11.5. The van der Waals surface area contributed by atoms with Crippen molar-refractivity contribution >= 4 is 22.4 Å². The van der Waals surface area contributed by atoms with Crippen LogP contribution in [0.2, 0.25) is 0 Å². The van der Waals surface area contributed by atoms with E-state index in [9.17, 15) is 4.79 Å². The number of nitrogens with zero attached hydrogens (tertiary/aromatic N) is 1. The maximum atomic E-state index is 11.5. The van der Waals surface area contributed by atoms with E-state index in [-0.39, 0.29) is 11.5 Å². The lowest BCUT2D eigenvalue weighted by molar-refractivity contribution is -0.115. The molecule has 0 bridgehead atoms. The molecular weight excluding hydrogens is 324 g/mol. The number of anilines is 1.